The molecule has 0 bridgehead atoms. The molecule has 5 N–H and O–H groups in total. The summed E-state index contributed by atoms with van der Waals surface area (Å²) in [6, 6.07) is 5.00. The van der Waals surface area contributed by atoms with Crippen molar-refractivity contribution in [1.82, 2.24) is 9.97 Å². The first-order valence-corrected chi connectivity index (χ1v) is 7.37. The van der Waals surface area contributed by atoms with Crippen LogP contribution in [0.4, 0.5) is 11.6 Å². The first-order chi connectivity index (χ1) is 10.1. The summed E-state index contributed by atoms with van der Waals surface area (Å²) in [6.07, 6.45) is 4.51. The van der Waals surface area contributed by atoms with Gasteiger partial charge in [-0.15, -0.1) is 0 Å². The third-order valence-corrected chi connectivity index (χ3v) is 4.03. The van der Waals surface area contributed by atoms with Crippen molar-refractivity contribution in [2.75, 3.05) is 11.1 Å². The topological polar surface area (TPSA) is 104 Å². The van der Waals surface area contributed by atoms with Gasteiger partial charge in [0, 0.05) is 5.69 Å². The van der Waals surface area contributed by atoms with E-state index in [1.54, 1.807) is 18.2 Å². The lowest BCUT2D eigenvalue weighted by molar-refractivity contribution is 0.144. The Bertz CT molecular complexity index is 698. The van der Waals surface area contributed by atoms with Gasteiger partial charge < -0.3 is 16.2 Å². The molecule has 1 saturated carbocycles. The van der Waals surface area contributed by atoms with E-state index in [-0.39, 0.29) is 11.6 Å². The van der Waals surface area contributed by atoms with Crippen LogP contribution in [0.1, 0.15) is 32.1 Å². The summed E-state index contributed by atoms with van der Waals surface area (Å²) in [5.74, 6) is 0.406. The minimum atomic E-state index is -0.403. The molecule has 2 unspecified atom stereocenters. The lowest BCUT2D eigenvalue weighted by atomic mass is 10.1. The van der Waals surface area contributed by atoms with E-state index in [1.165, 1.54) is 0 Å². The number of H-pyrrole nitrogens is 1. The van der Waals surface area contributed by atoms with Gasteiger partial charge in [0.05, 0.1) is 23.0 Å². The second-order valence-electron chi connectivity index (χ2n) is 5.65. The van der Waals surface area contributed by atoms with Crippen LogP contribution < -0.4 is 16.6 Å². The van der Waals surface area contributed by atoms with Crippen LogP contribution >= 0.6 is 0 Å². The van der Waals surface area contributed by atoms with Crippen molar-refractivity contribution in [3.8, 4) is 0 Å². The van der Waals surface area contributed by atoms with Crippen molar-refractivity contribution in [3.63, 3.8) is 0 Å². The van der Waals surface area contributed by atoms with Crippen molar-refractivity contribution >= 4 is 22.5 Å². The number of aliphatic hydroxyl groups excluding tert-OH is 1. The van der Waals surface area contributed by atoms with Crippen molar-refractivity contribution < 1.29 is 5.11 Å². The van der Waals surface area contributed by atoms with E-state index in [0.29, 0.717) is 22.5 Å². The lowest BCUT2D eigenvalue weighted by Gasteiger charge is -2.22. The maximum Gasteiger partial charge on any atom is 0.260 e. The number of aromatic nitrogens is 2. The maximum absolute atomic E-state index is 12.1. The fourth-order valence-corrected chi connectivity index (χ4v) is 2.86. The highest BCUT2D eigenvalue weighted by molar-refractivity contribution is 5.81. The van der Waals surface area contributed by atoms with E-state index in [2.05, 4.69) is 15.3 Å². The number of nitrogens with two attached hydrogens (primary N) is 1. The number of aliphatic hydroxyl groups is 1. The van der Waals surface area contributed by atoms with Gasteiger partial charge in [-0.2, -0.15) is 0 Å². The maximum atomic E-state index is 12.1. The highest BCUT2D eigenvalue weighted by Gasteiger charge is 2.22. The molecule has 6 nitrogen and oxygen atoms in total. The Kier molecular flexibility index (Phi) is 3.79. The molecule has 0 radical (unpaired) electrons. The lowest BCUT2D eigenvalue weighted by Crippen LogP contribution is -2.33. The normalized spacial score (nSPS) is 22.9. The van der Waals surface area contributed by atoms with Crippen LogP contribution in [0.5, 0.6) is 0 Å². The van der Waals surface area contributed by atoms with Crippen LogP contribution in [-0.4, -0.2) is 27.2 Å². The quantitative estimate of drug-likeness (QED) is 0.496. The number of nitrogen functional groups attached to an aromatic ring is 1. The van der Waals surface area contributed by atoms with Gasteiger partial charge in [-0.1, -0.05) is 19.3 Å². The van der Waals surface area contributed by atoms with Crippen molar-refractivity contribution in [2.45, 2.75) is 44.2 Å². The third kappa shape index (κ3) is 3.00. The van der Waals surface area contributed by atoms with Crippen LogP contribution in [0.25, 0.3) is 10.9 Å². The molecule has 1 aromatic heterocycles. The summed E-state index contributed by atoms with van der Waals surface area (Å²) in [5.41, 5.74) is 6.60. The zero-order valence-corrected chi connectivity index (χ0v) is 11.8. The Morgan fingerprint density at radius 3 is 2.95 bits per heavy atom. The van der Waals surface area contributed by atoms with Crippen molar-refractivity contribution in [2.24, 2.45) is 0 Å². The van der Waals surface area contributed by atoms with E-state index in [9.17, 15) is 9.90 Å². The zero-order chi connectivity index (χ0) is 14.8. The fraction of sp³-hybridized carbons (Fsp3) is 0.467. The number of benzene rings is 1. The summed E-state index contributed by atoms with van der Waals surface area (Å²) >= 11 is 0. The Labute approximate surface area is 122 Å². The van der Waals surface area contributed by atoms with Gasteiger partial charge in [-0.3, -0.25) is 9.78 Å². The zero-order valence-electron chi connectivity index (χ0n) is 11.8. The van der Waals surface area contributed by atoms with E-state index in [1.807, 2.05) is 0 Å². The van der Waals surface area contributed by atoms with Gasteiger partial charge in [0.2, 0.25) is 5.95 Å². The molecule has 21 heavy (non-hydrogen) atoms. The third-order valence-electron chi connectivity index (χ3n) is 4.03. The van der Waals surface area contributed by atoms with E-state index >= 15 is 0 Å². The average Bonchev–Trinajstić information content (AvgIpc) is 2.65. The minimum Gasteiger partial charge on any atom is -0.399 e. The first-order valence-electron chi connectivity index (χ1n) is 7.37. The molecule has 2 aromatic rings. The van der Waals surface area contributed by atoms with Gasteiger partial charge in [0.25, 0.3) is 5.56 Å². The predicted octanol–water partition coefficient (Wildman–Crippen LogP) is 1.61. The molecule has 0 saturated heterocycles. The van der Waals surface area contributed by atoms with Gasteiger partial charge >= 0.3 is 0 Å². The average molecular weight is 288 g/mol. The van der Waals surface area contributed by atoms with Crippen LogP contribution in [-0.2, 0) is 0 Å². The predicted molar refractivity (Wildman–Crippen MR) is 83.3 cm³/mol. The van der Waals surface area contributed by atoms with Crippen molar-refractivity contribution in [3.05, 3.63) is 28.6 Å². The van der Waals surface area contributed by atoms with Crippen molar-refractivity contribution in [1.29, 1.82) is 0 Å². The fourth-order valence-electron chi connectivity index (χ4n) is 2.86. The van der Waals surface area contributed by atoms with Gasteiger partial charge in [0.1, 0.15) is 0 Å². The largest absolute Gasteiger partial charge is 0.399 e. The first kappa shape index (κ1) is 13.9. The molecule has 0 aliphatic heterocycles. The van der Waals surface area contributed by atoms with Crippen LogP contribution in [0, 0.1) is 0 Å². The number of nitrogens with zero attached hydrogens (tertiary/aromatic N) is 1. The standard InChI is InChI=1S/C15H20N4O2/c16-9-6-7-11-10(8-9)14(21)19-15(17-11)18-12-4-2-1-3-5-13(12)20/h6-8,12-13,20H,1-5,16H2,(H2,17,18,19,21). The molecule has 1 aliphatic rings. The van der Waals surface area contributed by atoms with E-state index in [0.717, 1.165) is 32.1 Å². The Morgan fingerprint density at radius 1 is 1.29 bits per heavy atom. The highest BCUT2D eigenvalue weighted by atomic mass is 16.3. The van der Waals surface area contributed by atoms with Crippen LogP contribution in [0.2, 0.25) is 0 Å². The van der Waals surface area contributed by atoms with Crippen LogP contribution in [0.15, 0.2) is 23.0 Å². The summed E-state index contributed by atoms with van der Waals surface area (Å²) < 4.78 is 0. The van der Waals surface area contributed by atoms with Gasteiger partial charge in [-0.25, -0.2) is 4.98 Å². The molecule has 6 heteroatoms. The van der Waals surface area contributed by atoms with E-state index in [4.69, 9.17) is 5.73 Å². The molecular formula is C15H20N4O2. The summed E-state index contributed by atoms with van der Waals surface area (Å²) in [4.78, 5) is 19.2. The smallest absolute Gasteiger partial charge is 0.260 e. The highest BCUT2D eigenvalue weighted by Crippen LogP contribution is 2.21. The Balaban J connectivity index is 1.90. The summed E-state index contributed by atoms with van der Waals surface area (Å²) in [5, 5.41) is 13.8. The van der Waals surface area contributed by atoms with Gasteiger partial charge in [-0.05, 0) is 31.0 Å². The second-order valence-corrected chi connectivity index (χ2v) is 5.65. The van der Waals surface area contributed by atoms with E-state index < -0.39 is 6.10 Å². The second kappa shape index (κ2) is 5.73. The summed E-state index contributed by atoms with van der Waals surface area (Å²) in [6.45, 7) is 0. The molecule has 1 fully saturated rings. The molecular weight excluding hydrogens is 268 g/mol. The molecule has 0 amide bonds. The number of aromatic amines is 1. The minimum absolute atomic E-state index is 0.0677. The van der Waals surface area contributed by atoms with Crippen LogP contribution in [0.3, 0.4) is 0 Å². The molecule has 2 atom stereocenters. The molecule has 1 heterocycles. The molecule has 0 spiro atoms. The Morgan fingerprint density at radius 2 is 2.10 bits per heavy atom. The Hall–Kier alpha value is -2.08. The molecule has 112 valence electrons. The molecule has 1 aromatic carbocycles. The summed E-state index contributed by atoms with van der Waals surface area (Å²) in [7, 11) is 0. The number of fused-ring (bicyclic) bond motifs is 1. The molecule has 3 rings (SSSR count). The number of hydrogen-bond donors (Lipinski definition) is 4. The SMILES string of the molecule is Nc1ccc2nc(NC3CCCCCC3O)[nH]c(=O)c2c1. The van der Waals surface area contributed by atoms with Gasteiger partial charge in [0.15, 0.2) is 0 Å². The number of nitrogens with one attached hydrogen (secondary N) is 2. The number of rotatable bonds is 2. The number of hydrogen-bond acceptors (Lipinski definition) is 5. The number of anilines is 2. The monoisotopic (exact) mass is 288 g/mol. The molecule has 1 aliphatic carbocycles.